The van der Waals surface area contributed by atoms with Crippen molar-refractivity contribution in [3.63, 3.8) is 0 Å². The number of likely N-dealkylation sites (tertiary alicyclic amines) is 1. The van der Waals surface area contributed by atoms with E-state index in [-0.39, 0.29) is 24.8 Å². The zero-order valence-electron chi connectivity index (χ0n) is 12.2. The van der Waals surface area contributed by atoms with Gasteiger partial charge in [0.2, 0.25) is 11.8 Å². The molecule has 2 amide bonds. The van der Waals surface area contributed by atoms with Gasteiger partial charge in [-0.1, -0.05) is 20.8 Å². The van der Waals surface area contributed by atoms with E-state index in [1.165, 1.54) is 7.11 Å². The molecule has 0 aromatic heterocycles. The van der Waals surface area contributed by atoms with Crippen molar-refractivity contribution in [1.29, 1.82) is 0 Å². The van der Waals surface area contributed by atoms with Gasteiger partial charge >= 0.3 is 5.97 Å². The first kappa shape index (κ1) is 15.6. The van der Waals surface area contributed by atoms with Crippen molar-refractivity contribution in [2.75, 3.05) is 20.2 Å². The molecule has 108 valence electrons. The maximum atomic E-state index is 12.2. The molecule has 1 saturated heterocycles. The first-order chi connectivity index (χ1) is 8.68. The molecule has 0 spiro atoms. The van der Waals surface area contributed by atoms with Crippen LogP contribution in [0.1, 0.15) is 34.1 Å². The van der Waals surface area contributed by atoms with Crippen LogP contribution in [-0.2, 0) is 19.1 Å². The molecule has 1 N–H and O–H groups in total. The van der Waals surface area contributed by atoms with Gasteiger partial charge in [-0.15, -0.1) is 0 Å². The van der Waals surface area contributed by atoms with E-state index in [0.29, 0.717) is 6.54 Å². The topological polar surface area (TPSA) is 75.7 Å². The molecule has 1 atom stereocenters. The normalized spacial score (nSPS) is 21.4. The lowest BCUT2D eigenvalue weighted by Gasteiger charge is -2.31. The van der Waals surface area contributed by atoms with E-state index in [4.69, 9.17) is 4.74 Å². The van der Waals surface area contributed by atoms with Crippen LogP contribution in [0.15, 0.2) is 0 Å². The van der Waals surface area contributed by atoms with Gasteiger partial charge < -0.3 is 10.1 Å². The minimum atomic E-state index is -1.07. The van der Waals surface area contributed by atoms with Crippen molar-refractivity contribution < 1.29 is 19.1 Å². The van der Waals surface area contributed by atoms with E-state index < -0.39 is 16.9 Å². The molecule has 1 unspecified atom stereocenters. The predicted octanol–water partition coefficient (Wildman–Crippen LogP) is 0.313. The van der Waals surface area contributed by atoms with Gasteiger partial charge in [0, 0.05) is 6.42 Å². The lowest BCUT2D eigenvalue weighted by atomic mass is 9.92. The van der Waals surface area contributed by atoms with Crippen LogP contribution in [-0.4, -0.2) is 48.4 Å². The second kappa shape index (κ2) is 5.28. The van der Waals surface area contributed by atoms with E-state index >= 15 is 0 Å². The summed E-state index contributed by atoms with van der Waals surface area (Å²) < 4.78 is 4.75. The van der Waals surface area contributed by atoms with Crippen molar-refractivity contribution in [3.8, 4) is 0 Å². The highest BCUT2D eigenvalue weighted by atomic mass is 16.5. The van der Waals surface area contributed by atoms with Gasteiger partial charge in [0.25, 0.3) is 0 Å². The number of hydrogen-bond acceptors (Lipinski definition) is 5. The summed E-state index contributed by atoms with van der Waals surface area (Å²) in [6, 6.07) is 0. The van der Waals surface area contributed by atoms with Gasteiger partial charge in [-0.2, -0.15) is 0 Å². The summed E-state index contributed by atoms with van der Waals surface area (Å²) in [6.07, 6.45) is 0.176. The number of carbonyl (C=O) groups is 3. The van der Waals surface area contributed by atoms with Crippen LogP contribution < -0.4 is 5.32 Å². The number of imide groups is 1. The number of methoxy groups -OCH3 is 1. The molecule has 1 rings (SSSR count). The van der Waals surface area contributed by atoms with Gasteiger partial charge in [0.15, 0.2) is 0 Å². The van der Waals surface area contributed by atoms with Gasteiger partial charge in [0.05, 0.1) is 19.1 Å². The van der Waals surface area contributed by atoms with E-state index in [0.717, 1.165) is 4.90 Å². The van der Waals surface area contributed by atoms with Crippen molar-refractivity contribution in [2.45, 2.75) is 39.7 Å². The molecule has 0 aromatic carbocycles. The molecule has 0 aromatic rings. The van der Waals surface area contributed by atoms with Crippen LogP contribution in [0.25, 0.3) is 0 Å². The Hall–Kier alpha value is -1.43. The first-order valence-electron chi connectivity index (χ1n) is 6.36. The number of ether oxygens (including phenoxy) is 1. The molecule has 0 aliphatic carbocycles. The third-order valence-electron chi connectivity index (χ3n) is 3.40. The Labute approximate surface area is 113 Å². The maximum Gasteiger partial charge on any atom is 0.327 e. The summed E-state index contributed by atoms with van der Waals surface area (Å²) in [4.78, 5) is 37.1. The summed E-state index contributed by atoms with van der Waals surface area (Å²) >= 11 is 0. The highest BCUT2D eigenvalue weighted by Crippen LogP contribution is 2.32. The van der Waals surface area contributed by atoms with E-state index in [1.807, 2.05) is 6.92 Å². The quantitative estimate of drug-likeness (QED) is 0.575. The summed E-state index contributed by atoms with van der Waals surface area (Å²) in [6.45, 7) is 7.47. The molecule has 6 heteroatoms. The summed E-state index contributed by atoms with van der Waals surface area (Å²) in [5.41, 5.74) is -1.77. The summed E-state index contributed by atoms with van der Waals surface area (Å²) in [5.74, 6) is -0.979. The Morgan fingerprint density at radius 1 is 1.47 bits per heavy atom. The fourth-order valence-corrected chi connectivity index (χ4v) is 2.31. The Balaban J connectivity index is 2.95. The Morgan fingerprint density at radius 3 is 2.42 bits per heavy atom. The number of rotatable bonds is 5. The minimum Gasteiger partial charge on any atom is -0.468 e. The van der Waals surface area contributed by atoms with Gasteiger partial charge in [-0.05, 0) is 13.5 Å². The second-order valence-electron chi connectivity index (χ2n) is 5.70. The number of nitrogens with one attached hydrogen (secondary N) is 1. The van der Waals surface area contributed by atoms with Crippen LogP contribution >= 0.6 is 0 Å². The van der Waals surface area contributed by atoms with Crippen molar-refractivity contribution >= 4 is 17.8 Å². The fourth-order valence-electron chi connectivity index (χ4n) is 2.31. The maximum absolute atomic E-state index is 12.2. The number of nitrogens with zero attached hydrogens (tertiary/aromatic N) is 1. The molecule has 19 heavy (non-hydrogen) atoms. The summed E-state index contributed by atoms with van der Waals surface area (Å²) in [5, 5.41) is 2.98. The fraction of sp³-hybridized carbons (Fsp3) is 0.769. The van der Waals surface area contributed by atoms with Gasteiger partial charge in [-0.25, -0.2) is 4.79 Å². The Bertz CT molecular complexity index is 405. The van der Waals surface area contributed by atoms with Crippen molar-refractivity contribution in [2.24, 2.45) is 5.41 Å². The standard InChI is InChI=1S/C13H22N2O4/c1-6-14-13(4,11(18)19-5)8-15-9(16)7-12(2,3)10(15)17/h14H,6-8H2,1-5H3. The number of hydrogen-bond donors (Lipinski definition) is 1. The zero-order chi connectivity index (χ0) is 14.8. The van der Waals surface area contributed by atoms with Gasteiger partial charge in [0.1, 0.15) is 5.54 Å². The van der Waals surface area contributed by atoms with E-state index in [9.17, 15) is 14.4 Å². The summed E-state index contributed by atoms with van der Waals surface area (Å²) in [7, 11) is 1.29. The van der Waals surface area contributed by atoms with Gasteiger partial charge in [-0.3, -0.25) is 14.5 Å². The smallest absolute Gasteiger partial charge is 0.327 e. The average molecular weight is 270 g/mol. The third-order valence-corrected chi connectivity index (χ3v) is 3.40. The first-order valence-corrected chi connectivity index (χ1v) is 6.36. The van der Waals surface area contributed by atoms with Crippen LogP contribution in [0.2, 0.25) is 0 Å². The SMILES string of the molecule is CCNC(C)(CN1C(=O)CC(C)(C)C1=O)C(=O)OC. The molecule has 1 fully saturated rings. The zero-order valence-corrected chi connectivity index (χ0v) is 12.2. The molecule has 1 heterocycles. The third kappa shape index (κ3) is 2.94. The highest BCUT2D eigenvalue weighted by Gasteiger charge is 2.48. The minimum absolute atomic E-state index is 0.00535. The Kier molecular flexibility index (Phi) is 4.35. The average Bonchev–Trinajstić information content (AvgIpc) is 2.51. The molecule has 0 saturated carbocycles. The Morgan fingerprint density at radius 2 is 2.05 bits per heavy atom. The number of carbonyl (C=O) groups excluding carboxylic acids is 3. The highest BCUT2D eigenvalue weighted by molar-refractivity contribution is 6.06. The molecule has 0 radical (unpaired) electrons. The number of esters is 1. The lowest BCUT2D eigenvalue weighted by molar-refractivity contribution is -0.151. The monoisotopic (exact) mass is 270 g/mol. The van der Waals surface area contributed by atoms with Crippen LogP contribution in [0, 0.1) is 5.41 Å². The number of likely N-dealkylation sites (N-methyl/N-ethyl adjacent to an activating group) is 1. The van der Waals surface area contributed by atoms with Crippen molar-refractivity contribution in [1.82, 2.24) is 10.2 Å². The molecule has 6 nitrogen and oxygen atoms in total. The molecule has 1 aliphatic heterocycles. The molecular weight excluding hydrogens is 248 g/mol. The lowest BCUT2D eigenvalue weighted by Crippen LogP contribution is -2.58. The molecule has 0 bridgehead atoms. The molecular formula is C13H22N2O4. The molecule has 1 aliphatic rings. The van der Waals surface area contributed by atoms with Crippen LogP contribution in [0.4, 0.5) is 0 Å². The second-order valence-corrected chi connectivity index (χ2v) is 5.70. The van der Waals surface area contributed by atoms with E-state index in [1.54, 1.807) is 20.8 Å². The van der Waals surface area contributed by atoms with Crippen LogP contribution in [0.5, 0.6) is 0 Å². The number of amides is 2. The van der Waals surface area contributed by atoms with E-state index in [2.05, 4.69) is 5.32 Å². The van der Waals surface area contributed by atoms with Crippen molar-refractivity contribution in [3.05, 3.63) is 0 Å². The van der Waals surface area contributed by atoms with Crippen LogP contribution in [0.3, 0.4) is 0 Å². The predicted molar refractivity (Wildman–Crippen MR) is 69.2 cm³/mol. The largest absolute Gasteiger partial charge is 0.468 e.